The van der Waals surface area contributed by atoms with Crippen LogP contribution in [0.2, 0.25) is 15.1 Å². The van der Waals surface area contributed by atoms with Gasteiger partial charge in [-0.3, -0.25) is 28.8 Å². The summed E-state index contributed by atoms with van der Waals surface area (Å²) < 4.78 is 125. The molecule has 3 aliphatic heterocycles. The molecule has 87 heavy (non-hydrogen) atoms. The van der Waals surface area contributed by atoms with E-state index in [0.717, 1.165) is 31.1 Å². The van der Waals surface area contributed by atoms with Crippen LogP contribution in [-0.2, 0) is 59.4 Å². The summed E-state index contributed by atoms with van der Waals surface area (Å²) >= 11 is 17.2. The zero-order valence-electron chi connectivity index (χ0n) is 45.7. The average molecular weight is 1320 g/mol. The Morgan fingerprint density at radius 1 is 0.414 bits per heavy atom. The predicted molar refractivity (Wildman–Crippen MR) is 321 cm³/mol. The highest BCUT2D eigenvalue weighted by atomic mass is 35.5. The number of halogens is 6. The lowest BCUT2D eigenvalue weighted by Gasteiger charge is -2.36. The van der Waals surface area contributed by atoms with E-state index in [1.54, 1.807) is 72.8 Å². The molecule has 0 saturated carbocycles. The van der Waals surface area contributed by atoms with Crippen molar-refractivity contribution in [3.05, 3.63) is 177 Å². The van der Waals surface area contributed by atoms with E-state index in [0.29, 0.717) is 53.0 Å². The van der Waals surface area contributed by atoms with Crippen molar-refractivity contribution in [2.45, 2.75) is 55.5 Å². The normalized spacial score (nSPS) is 21.3. The van der Waals surface area contributed by atoms with Gasteiger partial charge in [-0.2, -0.15) is 52.3 Å². The fraction of sp³-hybridized carbons (Fsp3) is 0.222. The lowest BCUT2D eigenvalue weighted by molar-refractivity contribution is -0.120. The number of carbonyl (C=O) groups is 6. The third-order valence-corrected chi connectivity index (χ3v) is 19.4. The Balaban J connectivity index is 0.000000186. The number of benzene rings is 6. The van der Waals surface area contributed by atoms with Crippen molar-refractivity contribution in [3.8, 4) is 0 Å². The van der Waals surface area contributed by atoms with Gasteiger partial charge < -0.3 is 31.9 Å². The number of hydrogen-bond acceptors (Lipinski definition) is 12. The topological polar surface area (TPSA) is 323 Å². The molecule has 0 aromatic heterocycles. The van der Waals surface area contributed by atoms with Gasteiger partial charge in [-0.25, -0.2) is 13.2 Å². The van der Waals surface area contributed by atoms with Crippen LogP contribution >= 0.6 is 34.8 Å². The molecule has 3 saturated heterocycles. The molecule has 3 aliphatic rings. The first kappa shape index (κ1) is 66.9. The average Bonchev–Trinajstić information content (AvgIpc) is 2.88. The van der Waals surface area contributed by atoms with E-state index >= 15 is 0 Å². The van der Waals surface area contributed by atoms with Gasteiger partial charge in [0.15, 0.2) is 0 Å². The molecular weight excluding hydrogens is 1270 g/mol. The molecule has 2 unspecified atom stereocenters. The number of rotatable bonds is 15. The second kappa shape index (κ2) is 28.9. The number of hydrogen-bond donors (Lipinski definition) is 9. The molecule has 0 radical (unpaired) electrons. The van der Waals surface area contributed by atoms with Crippen molar-refractivity contribution < 1.29 is 67.2 Å². The number of carbonyl (C=O) groups excluding carboxylic acids is 6. The van der Waals surface area contributed by atoms with E-state index < -0.39 is 102 Å². The summed E-state index contributed by atoms with van der Waals surface area (Å²) in [6, 6.07) is 25.9. The highest BCUT2D eigenvalue weighted by molar-refractivity contribution is 7.87. The smallest absolute Gasteiger partial charge is 0.280 e. The maximum atomic E-state index is 13.3. The van der Waals surface area contributed by atoms with Gasteiger partial charge >= 0.3 is 0 Å². The molecule has 33 heteroatoms. The van der Waals surface area contributed by atoms with E-state index in [4.69, 9.17) is 34.8 Å². The number of likely N-dealkylation sites (N-methyl/N-ethyl adjacent to an activating group) is 3. The molecule has 3 heterocycles. The van der Waals surface area contributed by atoms with Crippen LogP contribution in [-0.4, -0.2) is 114 Å². The zero-order chi connectivity index (χ0) is 63.5. The highest BCUT2D eigenvalue weighted by Crippen LogP contribution is 2.33. The van der Waals surface area contributed by atoms with E-state index in [1.165, 1.54) is 57.5 Å². The first-order valence-corrected chi connectivity index (χ1v) is 31.0. The monoisotopic (exact) mass is 1320 g/mol. The fourth-order valence-electron chi connectivity index (χ4n) is 9.02. The molecule has 0 aliphatic carbocycles. The Bertz CT molecular complexity index is 3500. The molecule has 6 amide bonds. The Hall–Kier alpha value is -7.59. The van der Waals surface area contributed by atoms with Crippen molar-refractivity contribution in [2.24, 2.45) is 0 Å². The van der Waals surface area contributed by atoms with Gasteiger partial charge in [0.2, 0.25) is 37.0 Å². The minimum absolute atomic E-state index is 0.156. The van der Waals surface area contributed by atoms with E-state index in [1.807, 2.05) is 0 Å². The number of nitrogens with one attached hydrogen (secondary N) is 9. The summed E-state index contributed by atoms with van der Waals surface area (Å²) in [5, 5.41) is 14.7. The predicted octanol–water partition coefficient (Wildman–Crippen LogP) is 6.80. The van der Waals surface area contributed by atoms with Gasteiger partial charge in [-0.05, 0) is 127 Å². The van der Waals surface area contributed by atoms with Crippen LogP contribution in [0.5, 0.6) is 0 Å². The molecule has 9 N–H and O–H groups in total. The molecule has 0 spiro atoms. The summed E-state index contributed by atoms with van der Waals surface area (Å²) in [6.07, 6.45) is 2.10. The lowest BCUT2D eigenvalue weighted by atomic mass is 9.99. The highest BCUT2D eigenvalue weighted by Gasteiger charge is 2.43. The lowest BCUT2D eigenvalue weighted by Crippen LogP contribution is -2.55. The number of nitrogens with zero attached hydrogens (tertiary/aromatic N) is 3. The molecule has 24 nitrogen and oxygen atoms in total. The SMILES string of the molecule is CN1C(C(=O)Nc2ccc(F)c(Cl)c2)CC(c2ccc(NC=O)cc2)NS1(=O)=O.CN1[C@@H](C(=O)Nc2ccc(F)c(Cl)c2)C[C@@H](c2ccc(NC=O)cc2)NS1(=O)=O.CN1[C@H](C(=O)Nc2ccc(F)c(Cl)c2)C[C@H](c2ccc(NC=O)cc2)NS1(=O)=O. The van der Waals surface area contributed by atoms with Gasteiger partial charge in [-0.1, -0.05) is 71.2 Å². The molecule has 0 bridgehead atoms. The standard InChI is InChI=1S/3C18H18ClFN4O4S/c3*1-24-17(18(26)22-13-6-7-15(20)14(19)8-13)9-16(23-29(24,27)28)11-2-4-12(5-3-11)21-10-25/h3*2-8,10,16-17,23H,9H2,1H3,(H,21,25)(H,22,26)/t2*16-,17+;/m10./s1. The summed E-state index contributed by atoms with van der Waals surface area (Å²) in [4.78, 5) is 69.8. The maximum Gasteiger partial charge on any atom is 0.280 e. The second-order valence-corrected chi connectivity index (χ2v) is 25.8. The third-order valence-electron chi connectivity index (χ3n) is 13.8. The van der Waals surface area contributed by atoms with Crippen molar-refractivity contribution in [1.29, 1.82) is 0 Å². The zero-order valence-corrected chi connectivity index (χ0v) is 50.4. The molecule has 6 aromatic rings. The van der Waals surface area contributed by atoms with E-state index in [2.05, 4.69) is 46.1 Å². The molecule has 9 rings (SSSR count). The summed E-state index contributed by atoms with van der Waals surface area (Å²) in [6.45, 7) is 0. The largest absolute Gasteiger partial charge is 0.329 e. The van der Waals surface area contributed by atoms with Crippen LogP contribution < -0.4 is 46.1 Å². The van der Waals surface area contributed by atoms with Crippen molar-refractivity contribution in [3.63, 3.8) is 0 Å². The van der Waals surface area contributed by atoms with Crippen molar-refractivity contribution in [2.75, 3.05) is 53.0 Å². The van der Waals surface area contributed by atoms with Crippen molar-refractivity contribution >= 4 is 137 Å². The van der Waals surface area contributed by atoms with Crippen LogP contribution in [0.15, 0.2) is 127 Å². The Morgan fingerprint density at radius 3 is 0.839 bits per heavy atom. The molecular formula is C54H54Cl3F3N12O12S3. The Morgan fingerprint density at radius 2 is 0.632 bits per heavy atom. The van der Waals surface area contributed by atoms with Crippen LogP contribution in [0.4, 0.5) is 47.3 Å². The van der Waals surface area contributed by atoms with E-state index in [-0.39, 0.29) is 51.4 Å². The first-order valence-electron chi connectivity index (χ1n) is 25.6. The minimum Gasteiger partial charge on any atom is -0.329 e. The third kappa shape index (κ3) is 17.1. The maximum absolute atomic E-state index is 13.3. The Labute approximate surface area is 513 Å². The molecule has 462 valence electrons. The molecule has 6 aromatic carbocycles. The first-order chi connectivity index (χ1) is 41.1. The van der Waals surface area contributed by atoms with Gasteiger partial charge in [0.1, 0.15) is 35.6 Å². The summed E-state index contributed by atoms with van der Waals surface area (Å²) in [7, 11) is -7.84. The fourth-order valence-corrected chi connectivity index (χ4v) is 13.4. The van der Waals surface area contributed by atoms with E-state index in [9.17, 15) is 67.2 Å². The van der Waals surface area contributed by atoms with Crippen LogP contribution in [0.25, 0.3) is 0 Å². The van der Waals surface area contributed by atoms with Gasteiger partial charge in [0, 0.05) is 73.4 Å². The number of amides is 6. The second-order valence-electron chi connectivity index (χ2n) is 19.3. The quantitative estimate of drug-likeness (QED) is 0.0480. The summed E-state index contributed by atoms with van der Waals surface area (Å²) in [5.74, 6) is -3.57. The van der Waals surface area contributed by atoms with Crippen LogP contribution in [0, 0.1) is 17.5 Å². The van der Waals surface area contributed by atoms with Crippen LogP contribution in [0.3, 0.4) is 0 Å². The van der Waals surface area contributed by atoms with Gasteiger partial charge in [0.05, 0.1) is 15.1 Å². The molecule has 3 fully saturated rings. The number of anilines is 6. The minimum atomic E-state index is -3.92. The van der Waals surface area contributed by atoms with Gasteiger partial charge in [0.25, 0.3) is 30.6 Å². The molecule has 6 atom stereocenters. The summed E-state index contributed by atoms with van der Waals surface area (Å²) in [5.41, 5.74) is 4.36. The van der Waals surface area contributed by atoms with Crippen LogP contribution in [0.1, 0.15) is 54.1 Å². The van der Waals surface area contributed by atoms with Crippen molar-refractivity contribution in [1.82, 2.24) is 27.1 Å². The Kier molecular flexibility index (Phi) is 22.3. The van der Waals surface area contributed by atoms with Gasteiger partial charge in [-0.15, -0.1) is 0 Å².